The molecular weight excluding hydrogens is 252 g/mol. The molecule has 1 aliphatic carbocycles. The van der Waals surface area contributed by atoms with E-state index in [-0.39, 0.29) is 5.54 Å². The number of ether oxygens (including phenoxy) is 1. The molecular formula is C15H14N4O. The summed E-state index contributed by atoms with van der Waals surface area (Å²) in [5.74, 6) is 1.31. The normalized spacial score (nSPS) is 15.8. The van der Waals surface area contributed by atoms with Gasteiger partial charge in [0, 0.05) is 5.69 Å². The van der Waals surface area contributed by atoms with Crippen LogP contribution in [-0.4, -0.2) is 15.5 Å². The molecule has 0 unspecified atom stereocenters. The molecule has 1 aromatic carbocycles. The Bertz CT molecular complexity index is 615. The average molecular weight is 266 g/mol. The van der Waals surface area contributed by atoms with Crippen LogP contribution in [0.1, 0.15) is 19.3 Å². The van der Waals surface area contributed by atoms with Crippen LogP contribution in [-0.2, 0) is 0 Å². The van der Waals surface area contributed by atoms with Gasteiger partial charge in [-0.2, -0.15) is 5.26 Å². The van der Waals surface area contributed by atoms with Gasteiger partial charge in [-0.25, -0.2) is 9.97 Å². The van der Waals surface area contributed by atoms with E-state index in [1.807, 2.05) is 24.3 Å². The highest BCUT2D eigenvalue weighted by atomic mass is 16.5. The van der Waals surface area contributed by atoms with Crippen molar-refractivity contribution in [2.24, 2.45) is 0 Å². The van der Waals surface area contributed by atoms with Gasteiger partial charge in [-0.1, -0.05) is 0 Å². The molecule has 1 fully saturated rings. The van der Waals surface area contributed by atoms with Crippen molar-refractivity contribution in [2.75, 3.05) is 5.32 Å². The van der Waals surface area contributed by atoms with Gasteiger partial charge in [0.05, 0.1) is 18.5 Å². The quantitative estimate of drug-likeness (QED) is 0.920. The van der Waals surface area contributed by atoms with Crippen LogP contribution in [0.15, 0.2) is 43.0 Å². The fourth-order valence-corrected chi connectivity index (χ4v) is 2.15. The van der Waals surface area contributed by atoms with Gasteiger partial charge in [0.15, 0.2) is 5.75 Å². The molecule has 0 bridgehead atoms. The predicted molar refractivity (Wildman–Crippen MR) is 74.4 cm³/mol. The number of hydrogen-bond acceptors (Lipinski definition) is 5. The van der Waals surface area contributed by atoms with Gasteiger partial charge in [0.25, 0.3) is 0 Å². The third-order valence-electron chi connectivity index (χ3n) is 3.43. The molecule has 0 spiro atoms. The van der Waals surface area contributed by atoms with Crippen LogP contribution in [0.3, 0.4) is 0 Å². The Balaban J connectivity index is 1.67. The Hall–Kier alpha value is -2.61. The number of nitrogens with zero attached hydrogens (tertiary/aromatic N) is 3. The molecule has 1 saturated carbocycles. The molecule has 0 aliphatic heterocycles. The average Bonchev–Trinajstić information content (AvgIpc) is 2.46. The van der Waals surface area contributed by atoms with Crippen molar-refractivity contribution < 1.29 is 4.74 Å². The SMILES string of the molecule is N#CC1(Nc2ccc(Oc3cncnc3)cc2)CCC1. The van der Waals surface area contributed by atoms with Crippen LogP contribution >= 0.6 is 0 Å². The van der Waals surface area contributed by atoms with Crippen molar-refractivity contribution in [2.45, 2.75) is 24.8 Å². The largest absolute Gasteiger partial charge is 0.454 e. The van der Waals surface area contributed by atoms with Gasteiger partial charge in [0.1, 0.15) is 17.6 Å². The molecule has 2 aromatic rings. The van der Waals surface area contributed by atoms with E-state index in [9.17, 15) is 5.26 Å². The number of anilines is 1. The number of rotatable bonds is 4. The second-order valence-corrected chi connectivity index (χ2v) is 4.87. The van der Waals surface area contributed by atoms with Crippen LogP contribution in [0, 0.1) is 11.3 Å². The fraction of sp³-hybridized carbons (Fsp3) is 0.267. The lowest BCUT2D eigenvalue weighted by Gasteiger charge is -2.36. The zero-order valence-corrected chi connectivity index (χ0v) is 10.9. The van der Waals surface area contributed by atoms with Crippen molar-refractivity contribution in [3.63, 3.8) is 0 Å². The summed E-state index contributed by atoms with van der Waals surface area (Å²) in [5, 5.41) is 12.5. The van der Waals surface area contributed by atoms with E-state index in [4.69, 9.17) is 4.74 Å². The van der Waals surface area contributed by atoms with Crippen LogP contribution in [0.5, 0.6) is 11.5 Å². The Labute approximate surface area is 117 Å². The van der Waals surface area contributed by atoms with Crippen LogP contribution in [0.25, 0.3) is 0 Å². The van der Waals surface area contributed by atoms with Gasteiger partial charge < -0.3 is 10.1 Å². The molecule has 0 atom stereocenters. The molecule has 1 N–H and O–H groups in total. The van der Waals surface area contributed by atoms with E-state index in [0.717, 1.165) is 24.9 Å². The van der Waals surface area contributed by atoms with E-state index in [2.05, 4.69) is 21.4 Å². The number of hydrogen-bond donors (Lipinski definition) is 1. The third kappa shape index (κ3) is 2.54. The summed E-state index contributed by atoms with van der Waals surface area (Å²) < 4.78 is 5.61. The predicted octanol–water partition coefficient (Wildman–Crippen LogP) is 3.13. The molecule has 5 nitrogen and oxygen atoms in total. The maximum atomic E-state index is 9.20. The standard InChI is InChI=1S/C15H14N4O/c16-10-15(6-1-7-15)19-12-2-4-13(5-3-12)20-14-8-17-11-18-9-14/h2-5,8-9,11,19H,1,6-7H2. The van der Waals surface area contributed by atoms with Gasteiger partial charge in [-0.3, -0.25) is 0 Å². The highest BCUT2D eigenvalue weighted by molar-refractivity contribution is 5.51. The third-order valence-corrected chi connectivity index (χ3v) is 3.43. The van der Waals surface area contributed by atoms with E-state index in [0.29, 0.717) is 11.5 Å². The van der Waals surface area contributed by atoms with Crippen molar-refractivity contribution in [1.29, 1.82) is 5.26 Å². The lowest BCUT2D eigenvalue weighted by atomic mass is 9.78. The Kier molecular flexibility index (Phi) is 3.21. The molecule has 1 aromatic heterocycles. The monoisotopic (exact) mass is 266 g/mol. The van der Waals surface area contributed by atoms with Crippen molar-refractivity contribution >= 4 is 5.69 Å². The Morgan fingerprint density at radius 3 is 2.35 bits per heavy atom. The summed E-state index contributed by atoms with van der Waals surface area (Å²) in [6.45, 7) is 0. The summed E-state index contributed by atoms with van der Waals surface area (Å²) in [7, 11) is 0. The minimum atomic E-state index is -0.379. The van der Waals surface area contributed by atoms with Crippen LogP contribution < -0.4 is 10.1 Å². The van der Waals surface area contributed by atoms with E-state index in [1.165, 1.54) is 6.33 Å². The minimum absolute atomic E-state index is 0.379. The number of benzene rings is 1. The smallest absolute Gasteiger partial charge is 0.163 e. The van der Waals surface area contributed by atoms with Gasteiger partial charge in [-0.05, 0) is 43.5 Å². The van der Waals surface area contributed by atoms with Crippen LogP contribution in [0.2, 0.25) is 0 Å². The molecule has 0 amide bonds. The Morgan fingerprint density at radius 2 is 1.80 bits per heavy atom. The summed E-state index contributed by atoms with van der Waals surface area (Å²) in [5.41, 5.74) is 0.554. The zero-order chi connectivity index (χ0) is 13.8. The molecule has 1 aliphatic rings. The fourth-order valence-electron chi connectivity index (χ4n) is 2.15. The lowest BCUT2D eigenvalue weighted by molar-refractivity contribution is 0.356. The van der Waals surface area contributed by atoms with Gasteiger partial charge >= 0.3 is 0 Å². The van der Waals surface area contributed by atoms with E-state index < -0.39 is 0 Å². The number of nitriles is 1. The first kappa shape index (κ1) is 12.4. The highest BCUT2D eigenvalue weighted by Crippen LogP contribution is 2.35. The van der Waals surface area contributed by atoms with E-state index >= 15 is 0 Å². The molecule has 3 rings (SSSR count). The highest BCUT2D eigenvalue weighted by Gasteiger charge is 2.36. The molecule has 100 valence electrons. The second kappa shape index (κ2) is 5.17. The molecule has 20 heavy (non-hydrogen) atoms. The van der Waals surface area contributed by atoms with Gasteiger partial charge in [0.2, 0.25) is 0 Å². The topological polar surface area (TPSA) is 70.8 Å². The number of nitrogens with one attached hydrogen (secondary N) is 1. The van der Waals surface area contributed by atoms with Gasteiger partial charge in [-0.15, -0.1) is 0 Å². The first-order valence-electron chi connectivity index (χ1n) is 6.52. The molecule has 0 radical (unpaired) electrons. The van der Waals surface area contributed by atoms with E-state index in [1.54, 1.807) is 12.4 Å². The second-order valence-electron chi connectivity index (χ2n) is 4.87. The zero-order valence-electron chi connectivity index (χ0n) is 10.9. The molecule has 0 saturated heterocycles. The number of aromatic nitrogens is 2. The molecule has 1 heterocycles. The first-order chi connectivity index (χ1) is 9.80. The van der Waals surface area contributed by atoms with Crippen LogP contribution in [0.4, 0.5) is 5.69 Å². The maximum Gasteiger partial charge on any atom is 0.163 e. The maximum absolute atomic E-state index is 9.20. The summed E-state index contributed by atoms with van der Waals surface area (Å²) >= 11 is 0. The summed E-state index contributed by atoms with van der Waals surface area (Å²) in [4.78, 5) is 7.78. The van der Waals surface area contributed by atoms with Crippen molar-refractivity contribution in [1.82, 2.24) is 9.97 Å². The summed E-state index contributed by atoms with van der Waals surface area (Å²) in [6, 6.07) is 9.91. The first-order valence-corrected chi connectivity index (χ1v) is 6.52. The minimum Gasteiger partial charge on any atom is -0.454 e. The van der Waals surface area contributed by atoms with Crippen molar-refractivity contribution in [3.8, 4) is 17.6 Å². The lowest BCUT2D eigenvalue weighted by Crippen LogP contribution is -2.43. The Morgan fingerprint density at radius 1 is 1.10 bits per heavy atom. The summed E-state index contributed by atoms with van der Waals surface area (Å²) in [6.07, 6.45) is 7.60. The van der Waals surface area contributed by atoms with Crippen molar-refractivity contribution in [3.05, 3.63) is 43.0 Å². The molecule has 5 heteroatoms.